The molecule has 1 aromatic carbocycles. The Morgan fingerprint density at radius 1 is 0.857 bits per heavy atom. The Kier molecular flexibility index (Phi) is 8.07. The van der Waals surface area contributed by atoms with Crippen molar-refractivity contribution in [2.45, 2.75) is 75.3 Å². The van der Waals surface area contributed by atoms with Gasteiger partial charge in [-0.2, -0.15) is 48.3 Å². The van der Waals surface area contributed by atoms with Gasteiger partial charge < -0.3 is 4.74 Å². The van der Waals surface area contributed by atoms with Crippen LogP contribution >= 0.6 is 0 Å². The number of hydrogen-bond donors (Lipinski definition) is 0. The number of halogens is 12. The molecule has 0 bridgehead atoms. The topological polar surface area (TPSA) is 26.3 Å². The van der Waals surface area contributed by atoms with Crippen LogP contribution in [0.15, 0.2) is 18.2 Å². The van der Waals surface area contributed by atoms with Crippen LogP contribution in [0.2, 0.25) is 0 Å². The zero-order valence-corrected chi connectivity index (χ0v) is 18.0. The molecule has 0 atom stereocenters. The average molecular weight is 532 g/mol. The molecule has 1 aromatic rings. The molecule has 1 aliphatic carbocycles. The van der Waals surface area contributed by atoms with Gasteiger partial charge in [0, 0.05) is 5.92 Å². The molecule has 35 heavy (non-hydrogen) atoms. The molecule has 200 valence electrons. The second-order valence-corrected chi connectivity index (χ2v) is 8.33. The van der Waals surface area contributed by atoms with Gasteiger partial charge in [0.15, 0.2) is 11.6 Å². The summed E-state index contributed by atoms with van der Waals surface area (Å²) in [7, 11) is 0. The lowest BCUT2D eigenvalue weighted by molar-refractivity contribution is -0.427. The summed E-state index contributed by atoms with van der Waals surface area (Å²) in [6, 6.07) is 3.70. The van der Waals surface area contributed by atoms with Crippen LogP contribution in [-0.2, 0) is 11.2 Å². The first-order valence-electron chi connectivity index (χ1n) is 10.4. The van der Waals surface area contributed by atoms with Crippen molar-refractivity contribution in [1.82, 2.24) is 0 Å². The van der Waals surface area contributed by atoms with Crippen LogP contribution in [0.25, 0.3) is 0 Å². The predicted molar refractivity (Wildman–Crippen MR) is 97.3 cm³/mol. The van der Waals surface area contributed by atoms with Crippen molar-refractivity contribution in [3.63, 3.8) is 0 Å². The Bertz CT molecular complexity index is 902. The summed E-state index contributed by atoms with van der Waals surface area (Å²) < 4.78 is 165. The van der Waals surface area contributed by atoms with Gasteiger partial charge in [-0.3, -0.25) is 4.79 Å². The lowest BCUT2D eigenvalue weighted by Crippen LogP contribution is -2.67. The minimum absolute atomic E-state index is 0.497. The third kappa shape index (κ3) is 5.20. The summed E-state index contributed by atoms with van der Waals surface area (Å²) in [4.78, 5) is 12.2. The molecule has 1 aliphatic rings. The zero-order valence-electron chi connectivity index (χ0n) is 18.0. The van der Waals surface area contributed by atoms with Crippen molar-refractivity contribution in [2.24, 2.45) is 11.8 Å². The minimum atomic E-state index is -7.46. The van der Waals surface area contributed by atoms with Crippen molar-refractivity contribution in [1.29, 1.82) is 0 Å². The van der Waals surface area contributed by atoms with Crippen molar-refractivity contribution in [3.05, 3.63) is 29.6 Å². The fraction of sp³-hybridized carbons (Fsp3) is 0.667. The van der Waals surface area contributed by atoms with E-state index in [-0.39, 0.29) is 0 Å². The smallest absolute Gasteiger partial charge is 0.423 e. The summed E-state index contributed by atoms with van der Waals surface area (Å²) in [5, 5.41) is 0. The first-order chi connectivity index (χ1) is 15.8. The number of benzene rings is 1. The highest BCUT2D eigenvalue weighted by Crippen LogP contribution is 2.60. The molecule has 0 N–H and O–H groups in total. The molecule has 1 fully saturated rings. The van der Waals surface area contributed by atoms with Gasteiger partial charge in [-0.15, -0.1) is 0 Å². The van der Waals surface area contributed by atoms with E-state index in [1.54, 1.807) is 0 Å². The molecule has 2 nitrogen and oxygen atoms in total. The third-order valence-electron chi connectivity index (χ3n) is 5.88. The van der Waals surface area contributed by atoms with Crippen LogP contribution in [-0.4, -0.2) is 35.8 Å². The van der Waals surface area contributed by atoms with E-state index in [0.29, 0.717) is 18.4 Å². The van der Waals surface area contributed by atoms with Crippen LogP contribution in [0.1, 0.15) is 44.6 Å². The Labute approximate surface area is 191 Å². The molecule has 0 amide bonds. The fourth-order valence-electron chi connectivity index (χ4n) is 3.80. The number of carbonyl (C=O) groups is 1. The van der Waals surface area contributed by atoms with E-state index >= 15 is 0 Å². The van der Waals surface area contributed by atoms with E-state index in [1.807, 2.05) is 6.92 Å². The number of hydrogen-bond acceptors (Lipinski definition) is 2. The second kappa shape index (κ2) is 9.72. The molecule has 0 spiro atoms. The van der Waals surface area contributed by atoms with E-state index < -0.39 is 84.9 Å². The molecule has 14 heteroatoms. The number of aryl methyl sites for hydroxylation is 1. The Morgan fingerprint density at radius 3 is 1.86 bits per heavy atom. The lowest BCUT2D eigenvalue weighted by Gasteiger charge is -2.41. The summed E-state index contributed by atoms with van der Waals surface area (Å²) in [6.07, 6.45) is -9.49. The summed E-state index contributed by atoms with van der Waals surface area (Å²) in [5.41, 5.74) is 0.598. The van der Waals surface area contributed by atoms with Crippen LogP contribution in [0.3, 0.4) is 0 Å². The molecule has 0 unspecified atom stereocenters. The molecule has 0 aliphatic heterocycles. The molecule has 0 radical (unpaired) electrons. The maximum atomic E-state index is 14.2. The summed E-state index contributed by atoms with van der Waals surface area (Å²) >= 11 is 0. The third-order valence-corrected chi connectivity index (χ3v) is 5.88. The molecule has 0 aromatic heterocycles. The Hall–Kier alpha value is -2.15. The average Bonchev–Trinajstić information content (AvgIpc) is 2.74. The summed E-state index contributed by atoms with van der Waals surface area (Å²) in [5.74, 6) is -34.5. The van der Waals surface area contributed by atoms with Gasteiger partial charge in [0.2, 0.25) is 0 Å². The second-order valence-electron chi connectivity index (χ2n) is 8.33. The minimum Gasteiger partial charge on any atom is -0.423 e. The maximum absolute atomic E-state index is 14.2. The van der Waals surface area contributed by atoms with E-state index in [0.717, 1.165) is 12.1 Å². The zero-order chi connectivity index (χ0) is 27.0. The normalized spacial score (nSPS) is 20.6. The van der Waals surface area contributed by atoms with E-state index in [9.17, 15) is 57.5 Å². The molecular formula is C21H20F12O2. The highest BCUT2D eigenvalue weighted by Gasteiger charge is 2.87. The van der Waals surface area contributed by atoms with Crippen LogP contribution in [0.4, 0.5) is 52.7 Å². The highest BCUT2D eigenvalue weighted by molar-refractivity contribution is 5.75. The molecular weight excluding hydrogens is 512 g/mol. The van der Waals surface area contributed by atoms with E-state index in [2.05, 4.69) is 0 Å². The number of esters is 1. The van der Waals surface area contributed by atoms with Gasteiger partial charge in [0.25, 0.3) is 0 Å². The molecule has 0 saturated heterocycles. The first kappa shape index (κ1) is 29.1. The summed E-state index contributed by atoms with van der Waals surface area (Å²) in [6.45, 7) is 1.84. The molecule has 1 saturated carbocycles. The molecule has 0 heterocycles. The maximum Gasteiger partial charge on any atom is 0.460 e. The van der Waals surface area contributed by atoms with Crippen LogP contribution in [0, 0.1) is 17.7 Å². The Balaban J connectivity index is 2.11. The van der Waals surface area contributed by atoms with Gasteiger partial charge in [-0.05, 0) is 49.8 Å². The van der Waals surface area contributed by atoms with Crippen molar-refractivity contribution < 1.29 is 62.2 Å². The van der Waals surface area contributed by atoms with Gasteiger partial charge in [0.05, 0.1) is 5.92 Å². The lowest BCUT2D eigenvalue weighted by atomic mass is 9.76. The number of carbonyl (C=O) groups excluding carboxylic acids is 1. The van der Waals surface area contributed by atoms with Gasteiger partial charge in [0.1, 0.15) is 0 Å². The van der Waals surface area contributed by atoms with Gasteiger partial charge >= 0.3 is 35.8 Å². The number of rotatable bonds is 8. The fourth-order valence-corrected chi connectivity index (χ4v) is 3.80. The van der Waals surface area contributed by atoms with Crippen molar-refractivity contribution >= 4 is 5.97 Å². The van der Waals surface area contributed by atoms with Gasteiger partial charge in [-0.25, -0.2) is 4.39 Å². The quantitative estimate of drug-likeness (QED) is 0.196. The van der Waals surface area contributed by atoms with Crippen LogP contribution < -0.4 is 4.74 Å². The van der Waals surface area contributed by atoms with Crippen molar-refractivity contribution in [2.75, 3.05) is 0 Å². The largest absolute Gasteiger partial charge is 0.460 e. The monoisotopic (exact) mass is 532 g/mol. The Morgan fingerprint density at radius 2 is 1.40 bits per heavy atom. The number of alkyl halides is 11. The SMILES string of the molecule is CCCc1ccc(OC(=O)[C@H]2CC[C@H](C(F)(F)C(F)(F)C(F)(F)C(F)(F)C(F)(F)F)CC2)c(F)c1. The van der Waals surface area contributed by atoms with Crippen LogP contribution in [0.5, 0.6) is 5.75 Å². The van der Waals surface area contributed by atoms with Gasteiger partial charge in [-0.1, -0.05) is 19.4 Å². The number of ether oxygens (including phenoxy) is 1. The van der Waals surface area contributed by atoms with E-state index in [1.165, 1.54) is 6.07 Å². The standard InChI is InChI=1S/C21H20F12O2/c1-2-3-11-4-9-15(14(22)10-11)35-16(34)12-5-7-13(8-6-12)17(23,24)18(25,26)19(27,28)20(29,30)21(31,32)33/h4,9-10,12-13H,2-3,5-8H2,1H3/t12-,13-. The van der Waals surface area contributed by atoms with Crippen molar-refractivity contribution in [3.8, 4) is 5.75 Å². The highest BCUT2D eigenvalue weighted by atomic mass is 19.4. The first-order valence-corrected chi connectivity index (χ1v) is 10.4. The van der Waals surface area contributed by atoms with E-state index in [4.69, 9.17) is 4.74 Å². The molecule has 2 rings (SSSR count). The predicted octanol–water partition coefficient (Wildman–Crippen LogP) is 7.59.